The summed E-state index contributed by atoms with van der Waals surface area (Å²) >= 11 is 0. The van der Waals surface area contributed by atoms with Crippen molar-refractivity contribution in [3.05, 3.63) is 48.8 Å². The Hall–Kier alpha value is -3.30. The molecule has 0 radical (unpaired) electrons. The highest BCUT2D eigenvalue weighted by Gasteiger charge is 2.17. The fraction of sp³-hybridized carbons (Fsp3) is 0.364. The van der Waals surface area contributed by atoms with Crippen LogP contribution in [0.25, 0.3) is 11.3 Å². The Bertz CT molecular complexity index is 961. The van der Waals surface area contributed by atoms with Crippen molar-refractivity contribution in [2.24, 2.45) is 0 Å². The van der Waals surface area contributed by atoms with Crippen molar-refractivity contribution in [2.75, 3.05) is 63.8 Å². The van der Waals surface area contributed by atoms with Gasteiger partial charge in [0.15, 0.2) is 0 Å². The SMILES string of the molecule is CN(C)CCOc1cc(-c2cnc(Nc3ccccc3)nc2)nc(N2CCOCC2)n1. The summed E-state index contributed by atoms with van der Waals surface area (Å²) in [6.45, 7) is 4.16. The molecule has 1 aliphatic heterocycles. The molecule has 1 fully saturated rings. The molecule has 9 nitrogen and oxygen atoms in total. The second kappa shape index (κ2) is 10.1. The molecule has 0 amide bonds. The second-order valence-corrected chi connectivity index (χ2v) is 7.43. The van der Waals surface area contributed by atoms with Gasteiger partial charge in [-0.25, -0.2) is 15.0 Å². The zero-order chi connectivity index (χ0) is 21.5. The van der Waals surface area contributed by atoms with E-state index in [-0.39, 0.29) is 0 Å². The van der Waals surface area contributed by atoms with Crippen LogP contribution in [0.15, 0.2) is 48.8 Å². The first-order valence-electron chi connectivity index (χ1n) is 10.3. The van der Waals surface area contributed by atoms with E-state index in [2.05, 4.69) is 30.1 Å². The molecule has 3 heterocycles. The van der Waals surface area contributed by atoms with Gasteiger partial charge in [0.25, 0.3) is 0 Å². The highest BCUT2D eigenvalue weighted by Crippen LogP contribution is 2.24. The maximum Gasteiger partial charge on any atom is 0.229 e. The molecule has 0 spiro atoms. The largest absolute Gasteiger partial charge is 0.476 e. The number of anilines is 3. The fourth-order valence-corrected chi connectivity index (χ4v) is 3.05. The summed E-state index contributed by atoms with van der Waals surface area (Å²) in [5.41, 5.74) is 2.46. The molecule has 0 aliphatic carbocycles. The smallest absolute Gasteiger partial charge is 0.229 e. The first-order valence-corrected chi connectivity index (χ1v) is 10.3. The number of benzene rings is 1. The standard InChI is InChI=1S/C22H27N7O2/c1-28(2)8-13-31-20-14-19(26-22(27-20)29-9-11-30-12-10-29)17-15-23-21(24-16-17)25-18-6-4-3-5-7-18/h3-7,14-16H,8-13H2,1-2H3,(H,23,24,25). The van der Waals surface area contributed by atoms with Crippen LogP contribution in [0.3, 0.4) is 0 Å². The molecule has 1 saturated heterocycles. The first kappa shape index (κ1) is 21.0. The van der Waals surface area contributed by atoms with Gasteiger partial charge in [-0.2, -0.15) is 4.98 Å². The van der Waals surface area contributed by atoms with Crippen molar-refractivity contribution in [3.63, 3.8) is 0 Å². The fourth-order valence-electron chi connectivity index (χ4n) is 3.05. The van der Waals surface area contributed by atoms with Crippen LogP contribution in [0.4, 0.5) is 17.6 Å². The highest BCUT2D eigenvalue weighted by atomic mass is 16.5. The van der Waals surface area contributed by atoms with Crippen molar-refractivity contribution >= 4 is 17.6 Å². The molecule has 31 heavy (non-hydrogen) atoms. The average molecular weight is 422 g/mol. The van der Waals surface area contributed by atoms with Gasteiger partial charge in [0.05, 0.1) is 18.9 Å². The minimum absolute atomic E-state index is 0.528. The van der Waals surface area contributed by atoms with E-state index >= 15 is 0 Å². The van der Waals surface area contributed by atoms with Crippen molar-refractivity contribution in [3.8, 4) is 17.1 Å². The van der Waals surface area contributed by atoms with Gasteiger partial charge < -0.3 is 24.6 Å². The second-order valence-electron chi connectivity index (χ2n) is 7.43. The first-order chi connectivity index (χ1) is 15.2. The Balaban J connectivity index is 1.56. The lowest BCUT2D eigenvalue weighted by Crippen LogP contribution is -2.37. The Morgan fingerprint density at radius 1 is 1.06 bits per heavy atom. The molecule has 0 unspecified atom stereocenters. The average Bonchev–Trinajstić information content (AvgIpc) is 2.80. The molecular weight excluding hydrogens is 394 g/mol. The number of rotatable bonds is 8. The number of hydrogen-bond acceptors (Lipinski definition) is 9. The van der Waals surface area contributed by atoms with Gasteiger partial charge in [0.1, 0.15) is 6.61 Å². The summed E-state index contributed by atoms with van der Waals surface area (Å²) in [5, 5.41) is 3.19. The molecule has 162 valence electrons. The third kappa shape index (κ3) is 5.87. The van der Waals surface area contributed by atoms with E-state index in [9.17, 15) is 0 Å². The zero-order valence-corrected chi connectivity index (χ0v) is 17.9. The quantitative estimate of drug-likeness (QED) is 0.589. The number of nitrogens with one attached hydrogen (secondary N) is 1. The van der Waals surface area contributed by atoms with E-state index in [1.165, 1.54) is 0 Å². The van der Waals surface area contributed by atoms with Gasteiger partial charge in [-0.05, 0) is 26.2 Å². The van der Waals surface area contributed by atoms with Gasteiger partial charge in [0, 0.05) is 49.3 Å². The van der Waals surface area contributed by atoms with Crippen LogP contribution in [0.2, 0.25) is 0 Å². The number of para-hydroxylation sites is 1. The third-order valence-corrected chi connectivity index (χ3v) is 4.75. The minimum Gasteiger partial charge on any atom is -0.476 e. The van der Waals surface area contributed by atoms with Crippen molar-refractivity contribution < 1.29 is 9.47 Å². The lowest BCUT2D eigenvalue weighted by molar-refractivity contribution is 0.122. The van der Waals surface area contributed by atoms with Crippen LogP contribution >= 0.6 is 0 Å². The highest BCUT2D eigenvalue weighted by molar-refractivity contribution is 5.61. The number of ether oxygens (including phenoxy) is 2. The molecule has 0 atom stereocenters. The number of morpholine rings is 1. The molecule has 1 N–H and O–H groups in total. The monoisotopic (exact) mass is 421 g/mol. The van der Waals surface area contributed by atoms with Crippen LogP contribution in [0, 0.1) is 0 Å². The maximum atomic E-state index is 5.91. The molecular formula is C22H27N7O2. The predicted molar refractivity (Wildman–Crippen MR) is 120 cm³/mol. The molecule has 9 heteroatoms. The molecule has 3 aromatic rings. The van der Waals surface area contributed by atoms with E-state index in [1.54, 1.807) is 12.4 Å². The van der Waals surface area contributed by atoms with E-state index in [0.29, 0.717) is 37.6 Å². The number of hydrogen-bond donors (Lipinski definition) is 1. The van der Waals surface area contributed by atoms with Gasteiger partial charge in [-0.15, -0.1) is 0 Å². The van der Waals surface area contributed by atoms with Crippen molar-refractivity contribution in [2.45, 2.75) is 0 Å². The van der Waals surface area contributed by atoms with E-state index in [0.717, 1.165) is 36.6 Å². The summed E-state index contributed by atoms with van der Waals surface area (Å²) in [5.74, 6) is 1.70. The number of aromatic nitrogens is 4. The third-order valence-electron chi connectivity index (χ3n) is 4.75. The Kier molecular flexibility index (Phi) is 6.85. The molecule has 2 aromatic heterocycles. The Morgan fingerprint density at radius 2 is 1.81 bits per heavy atom. The molecule has 0 saturated carbocycles. The van der Waals surface area contributed by atoms with Crippen LogP contribution < -0.4 is 15.0 Å². The lowest BCUT2D eigenvalue weighted by atomic mass is 10.2. The van der Waals surface area contributed by atoms with E-state index < -0.39 is 0 Å². The summed E-state index contributed by atoms with van der Waals surface area (Å²) in [7, 11) is 4.02. The summed E-state index contributed by atoms with van der Waals surface area (Å²) in [6, 6.07) is 11.7. The minimum atomic E-state index is 0.528. The topological polar surface area (TPSA) is 88.5 Å². The predicted octanol–water partition coefficient (Wildman–Crippen LogP) is 2.45. The summed E-state index contributed by atoms with van der Waals surface area (Å²) < 4.78 is 11.4. The van der Waals surface area contributed by atoms with Crippen LogP contribution in [-0.2, 0) is 4.74 Å². The molecule has 0 bridgehead atoms. The van der Waals surface area contributed by atoms with Gasteiger partial charge in [-0.1, -0.05) is 18.2 Å². The lowest BCUT2D eigenvalue weighted by Gasteiger charge is -2.27. The van der Waals surface area contributed by atoms with Gasteiger partial charge >= 0.3 is 0 Å². The van der Waals surface area contributed by atoms with Crippen molar-refractivity contribution in [1.29, 1.82) is 0 Å². The molecule has 4 rings (SSSR count). The molecule has 1 aliphatic rings. The van der Waals surface area contributed by atoms with Crippen LogP contribution in [0.5, 0.6) is 5.88 Å². The number of nitrogens with zero attached hydrogens (tertiary/aromatic N) is 6. The zero-order valence-electron chi connectivity index (χ0n) is 17.9. The summed E-state index contributed by atoms with van der Waals surface area (Å²) in [6.07, 6.45) is 3.51. The maximum absolute atomic E-state index is 5.91. The van der Waals surface area contributed by atoms with Crippen LogP contribution in [0.1, 0.15) is 0 Å². The number of likely N-dealkylation sites (N-methyl/N-ethyl adjacent to an activating group) is 1. The Labute approximate surface area is 182 Å². The molecule has 1 aromatic carbocycles. The van der Waals surface area contributed by atoms with Gasteiger partial charge in [0.2, 0.25) is 17.8 Å². The Morgan fingerprint density at radius 3 is 2.52 bits per heavy atom. The van der Waals surface area contributed by atoms with Crippen LogP contribution in [-0.4, -0.2) is 78.4 Å². The summed E-state index contributed by atoms with van der Waals surface area (Å²) in [4.78, 5) is 22.4. The van der Waals surface area contributed by atoms with Gasteiger partial charge in [-0.3, -0.25) is 0 Å². The van der Waals surface area contributed by atoms with E-state index in [4.69, 9.17) is 14.5 Å². The van der Waals surface area contributed by atoms with E-state index in [1.807, 2.05) is 50.5 Å². The van der Waals surface area contributed by atoms with Crippen molar-refractivity contribution in [1.82, 2.24) is 24.8 Å². The normalized spacial score (nSPS) is 14.0.